The van der Waals surface area contributed by atoms with Crippen LogP contribution >= 0.6 is 0 Å². The number of nitrogens with two attached hydrogens (primary N) is 1. The number of anilines is 1. The molecular formula is C14H23N3O2. The van der Waals surface area contributed by atoms with E-state index in [1.54, 1.807) is 6.07 Å². The number of hydrogen-bond acceptors (Lipinski definition) is 3. The minimum atomic E-state index is 0.0773. The van der Waals surface area contributed by atoms with Gasteiger partial charge in [-0.2, -0.15) is 0 Å². The van der Waals surface area contributed by atoms with Crippen LogP contribution in [0.3, 0.4) is 0 Å². The first-order chi connectivity index (χ1) is 9.15. The highest BCUT2D eigenvalue weighted by Gasteiger charge is 2.25. The molecule has 1 saturated heterocycles. The molecule has 5 heteroatoms. The Morgan fingerprint density at radius 3 is 2.68 bits per heavy atom. The molecule has 2 heterocycles. The van der Waals surface area contributed by atoms with Crippen molar-refractivity contribution < 1.29 is 9.53 Å². The van der Waals surface area contributed by atoms with E-state index in [2.05, 4.69) is 0 Å². The zero-order valence-electron chi connectivity index (χ0n) is 11.8. The molecule has 1 aromatic rings. The molecule has 1 fully saturated rings. The number of ether oxygens (including phenoxy) is 1. The first-order valence-electron chi connectivity index (χ1n) is 7.02. The lowest BCUT2D eigenvalue weighted by Crippen LogP contribution is -2.41. The smallest absolute Gasteiger partial charge is 0.270 e. The van der Waals surface area contributed by atoms with Crippen LogP contribution in [0, 0.1) is 0 Å². The van der Waals surface area contributed by atoms with Crippen LogP contribution in [0.5, 0.6) is 0 Å². The largest absolute Gasteiger partial charge is 0.397 e. The van der Waals surface area contributed by atoms with Gasteiger partial charge in [0.15, 0.2) is 0 Å². The Morgan fingerprint density at radius 2 is 2.11 bits per heavy atom. The predicted octanol–water partition coefficient (Wildman–Crippen LogP) is 1.73. The number of nitrogens with zero attached hydrogens (tertiary/aromatic N) is 2. The average Bonchev–Trinajstić information content (AvgIpc) is 2.80. The standard InChI is InChI=1S/C14H23N3O2/c1-3-16-10-11(15)9-13(16)14(18)17-7-5-12(6-8-17)19-4-2/h9-10,12H,3-8,15H2,1-2H3. The second kappa shape index (κ2) is 6.10. The average molecular weight is 265 g/mol. The van der Waals surface area contributed by atoms with Gasteiger partial charge in [-0.3, -0.25) is 4.79 Å². The molecule has 2 rings (SSSR count). The summed E-state index contributed by atoms with van der Waals surface area (Å²) in [6.45, 7) is 7.05. The summed E-state index contributed by atoms with van der Waals surface area (Å²) in [6.07, 6.45) is 3.96. The maximum absolute atomic E-state index is 12.5. The Labute approximate surface area is 114 Å². The monoisotopic (exact) mass is 265 g/mol. The van der Waals surface area contributed by atoms with Crippen molar-refractivity contribution in [3.05, 3.63) is 18.0 Å². The van der Waals surface area contributed by atoms with Gasteiger partial charge in [-0.1, -0.05) is 0 Å². The van der Waals surface area contributed by atoms with E-state index in [1.165, 1.54) is 0 Å². The highest BCUT2D eigenvalue weighted by atomic mass is 16.5. The molecule has 0 saturated carbocycles. The van der Waals surface area contributed by atoms with E-state index in [0.717, 1.165) is 39.1 Å². The van der Waals surface area contributed by atoms with Crippen LogP contribution in [0.15, 0.2) is 12.3 Å². The Morgan fingerprint density at radius 1 is 1.42 bits per heavy atom. The molecule has 1 aliphatic rings. The molecule has 0 radical (unpaired) electrons. The summed E-state index contributed by atoms with van der Waals surface area (Å²) in [4.78, 5) is 14.4. The lowest BCUT2D eigenvalue weighted by Gasteiger charge is -2.31. The molecule has 0 aromatic carbocycles. The molecule has 1 amide bonds. The van der Waals surface area contributed by atoms with Gasteiger partial charge in [0.05, 0.1) is 11.8 Å². The minimum absolute atomic E-state index is 0.0773. The molecule has 1 aliphatic heterocycles. The van der Waals surface area contributed by atoms with Crippen molar-refractivity contribution in [1.82, 2.24) is 9.47 Å². The molecule has 0 aliphatic carbocycles. The first kappa shape index (κ1) is 13.9. The normalized spacial score (nSPS) is 16.8. The first-order valence-corrected chi connectivity index (χ1v) is 7.02. The number of nitrogen functional groups attached to an aromatic ring is 1. The van der Waals surface area contributed by atoms with Crippen molar-refractivity contribution >= 4 is 11.6 Å². The fourth-order valence-corrected chi connectivity index (χ4v) is 2.60. The molecule has 0 atom stereocenters. The topological polar surface area (TPSA) is 60.5 Å². The lowest BCUT2D eigenvalue weighted by molar-refractivity contribution is 0.0143. The summed E-state index contributed by atoms with van der Waals surface area (Å²) in [5.74, 6) is 0.0773. The molecule has 5 nitrogen and oxygen atoms in total. The van der Waals surface area contributed by atoms with Crippen LogP contribution in [0.2, 0.25) is 0 Å². The number of hydrogen-bond donors (Lipinski definition) is 1. The number of rotatable bonds is 4. The highest BCUT2D eigenvalue weighted by molar-refractivity contribution is 5.93. The highest BCUT2D eigenvalue weighted by Crippen LogP contribution is 2.18. The molecule has 0 unspecified atom stereocenters. The van der Waals surface area contributed by atoms with Crippen LogP contribution in [-0.2, 0) is 11.3 Å². The zero-order chi connectivity index (χ0) is 13.8. The second-order valence-electron chi connectivity index (χ2n) is 4.89. The van der Waals surface area contributed by atoms with Crippen molar-refractivity contribution in [3.63, 3.8) is 0 Å². The van der Waals surface area contributed by atoms with E-state index >= 15 is 0 Å². The summed E-state index contributed by atoms with van der Waals surface area (Å²) in [5, 5.41) is 0. The van der Waals surface area contributed by atoms with Gasteiger partial charge in [0.1, 0.15) is 5.69 Å². The van der Waals surface area contributed by atoms with E-state index in [1.807, 2.05) is 29.5 Å². The number of carbonyl (C=O) groups is 1. The van der Waals surface area contributed by atoms with Crippen LogP contribution in [0.1, 0.15) is 37.2 Å². The Bertz CT molecular complexity index is 434. The number of carbonyl (C=O) groups excluding carboxylic acids is 1. The van der Waals surface area contributed by atoms with Gasteiger partial charge >= 0.3 is 0 Å². The third-order valence-corrected chi connectivity index (χ3v) is 3.61. The van der Waals surface area contributed by atoms with Crippen LogP contribution < -0.4 is 5.73 Å². The third kappa shape index (κ3) is 3.10. The van der Waals surface area contributed by atoms with Crippen molar-refractivity contribution in [2.24, 2.45) is 0 Å². The van der Waals surface area contributed by atoms with Crippen molar-refractivity contribution in [2.75, 3.05) is 25.4 Å². The number of aryl methyl sites for hydroxylation is 1. The molecule has 0 spiro atoms. The predicted molar refractivity (Wildman–Crippen MR) is 75.1 cm³/mol. The SMILES string of the molecule is CCOC1CCN(C(=O)c2cc(N)cn2CC)CC1. The van der Waals surface area contributed by atoms with Gasteiger partial charge in [-0.05, 0) is 32.8 Å². The van der Waals surface area contributed by atoms with Gasteiger partial charge in [0.25, 0.3) is 5.91 Å². The van der Waals surface area contributed by atoms with E-state index in [0.29, 0.717) is 17.5 Å². The van der Waals surface area contributed by atoms with Gasteiger partial charge in [-0.25, -0.2) is 0 Å². The maximum Gasteiger partial charge on any atom is 0.270 e. The number of piperidine rings is 1. The summed E-state index contributed by atoms with van der Waals surface area (Å²) >= 11 is 0. The summed E-state index contributed by atoms with van der Waals surface area (Å²) < 4.78 is 7.51. The molecule has 19 heavy (non-hydrogen) atoms. The van der Waals surface area contributed by atoms with Crippen molar-refractivity contribution in [2.45, 2.75) is 39.3 Å². The Hall–Kier alpha value is -1.49. The second-order valence-corrected chi connectivity index (χ2v) is 4.89. The van der Waals surface area contributed by atoms with E-state index in [-0.39, 0.29) is 5.91 Å². The minimum Gasteiger partial charge on any atom is -0.397 e. The van der Waals surface area contributed by atoms with E-state index < -0.39 is 0 Å². The van der Waals surface area contributed by atoms with Crippen molar-refractivity contribution in [3.8, 4) is 0 Å². The number of likely N-dealkylation sites (tertiary alicyclic amines) is 1. The van der Waals surface area contributed by atoms with Crippen LogP contribution in [-0.4, -0.2) is 41.2 Å². The van der Waals surface area contributed by atoms with Crippen LogP contribution in [0.4, 0.5) is 5.69 Å². The number of aromatic nitrogens is 1. The molecule has 2 N–H and O–H groups in total. The fourth-order valence-electron chi connectivity index (χ4n) is 2.60. The van der Waals surface area contributed by atoms with E-state index in [9.17, 15) is 4.79 Å². The maximum atomic E-state index is 12.5. The van der Waals surface area contributed by atoms with Gasteiger partial charge in [0.2, 0.25) is 0 Å². The molecule has 0 bridgehead atoms. The van der Waals surface area contributed by atoms with Crippen molar-refractivity contribution in [1.29, 1.82) is 0 Å². The number of amides is 1. The van der Waals surface area contributed by atoms with Gasteiger partial charge < -0.3 is 19.9 Å². The van der Waals surface area contributed by atoms with Gasteiger partial charge in [0, 0.05) is 32.4 Å². The quantitative estimate of drug-likeness (QED) is 0.902. The third-order valence-electron chi connectivity index (χ3n) is 3.61. The van der Waals surface area contributed by atoms with E-state index in [4.69, 9.17) is 10.5 Å². The summed E-state index contributed by atoms with van der Waals surface area (Å²) in [5.41, 5.74) is 7.11. The van der Waals surface area contributed by atoms with Gasteiger partial charge in [-0.15, -0.1) is 0 Å². The Balaban J connectivity index is 2.01. The lowest BCUT2D eigenvalue weighted by atomic mass is 10.1. The van der Waals surface area contributed by atoms with Crippen LogP contribution in [0.25, 0.3) is 0 Å². The molecule has 1 aromatic heterocycles. The zero-order valence-corrected chi connectivity index (χ0v) is 11.8. The molecular weight excluding hydrogens is 242 g/mol. The summed E-state index contributed by atoms with van der Waals surface area (Å²) in [6, 6.07) is 1.76. The molecule has 106 valence electrons. The summed E-state index contributed by atoms with van der Waals surface area (Å²) in [7, 11) is 0. The Kier molecular flexibility index (Phi) is 4.47. The fraction of sp³-hybridized carbons (Fsp3) is 0.643.